The van der Waals surface area contributed by atoms with E-state index in [-0.39, 0.29) is 30.3 Å². The van der Waals surface area contributed by atoms with Crippen LogP contribution in [0.1, 0.15) is 37.7 Å². The van der Waals surface area contributed by atoms with Gasteiger partial charge in [0.15, 0.2) is 0 Å². The summed E-state index contributed by atoms with van der Waals surface area (Å²) in [5.41, 5.74) is 2.29. The van der Waals surface area contributed by atoms with Crippen molar-refractivity contribution in [3.63, 3.8) is 0 Å². The Morgan fingerprint density at radius 2 is 1.66 bits per heavy atom. The van der Waals surface area contributed by atoms with Gasteiger partial charge in [-0.3, -0.25) is 9.59 Å². The molecule has 2 aromatic rings. The van der Waals surface area contributed by atoms with Crippen molar-refractivity contribution in [1.82, 2.24) is 4.90 Å². The normalized spacial score (nSPS) is 19.8. The van der Waals surface area contributed by atoms with Gasteiger partial charge >= 0.3 is 6.03 Å². The summed E-state index contributed by atoms with van der Waals surface area (Å²) >= 11 is 0. The van der Waals surface area contributed by atoms with Gasteiger partial charge in [0, 0.05) is 11.7 Å². The van der Waals surface area contributed by atoms with Crippen LogP contribution in [0.5, 0.6) is 0 Å². The van der Waals surface area contributed by atoms with Crippen molar-refractivity contribution in [3.05, 3.63) is 60.2 Å². The molecule has 2 aliphatic rings. The van der Waals surface area contributed by atoms with Crippen molar-refractivity contribution in [2.45, 2.75) is 51.1 Å². The molecule has 0 radical (unpaired) electrons. The van der Waals surface area contributed by atoms with E-state index in [0.29, 0.717) is 11.4 Å². The molecular weight excluding hydrogens is 366 g/mol. The molecule has 6 nitrogen and oxygen atoms in total. The highest BCUT2D eigenvalue weighted by Crippen LogP contribution is 2.34. The van der Waals surface area contributed by atoms with Crippen LogP contribution in [0.3, 0.4) is 0 Å². The van der Waals surface area contributed by atoms with Crippen LogP contribution >= 0.6 is 0 Å². The first-order chi connectivity index (χ1) is 14.0. The number of nitrogens with one attached hydrogen (secondary N) is 1. The molecule has 1 aliphatic carbocycles. The van der Waals surface area contributed by atoms with E-state index >= 15 is 0 Å². The molecule has 1 aliphatic heterocycles. The maximum absolute atomic E-state index is 13.2. The predicted molar refractivity (Wildman–Crippen MR) is 112 cm³/mol. The lowest BCUT2D eigenvalue weighted by molar-refractivity contribution is -0.124. The van der Waals surface area contributed by atoms with Crippen LogP contribution in [-0.4, -0.2) is 34.8 Å². The monoisotopic (exact) mass is 391 g/mol. The van der Waals surface area contributed by atoms with Gasteiger partial charge in [0.25, 0.3) is 5.91 Å². The first-order valence-electron chi connectivity index (χ1n) is 10.1. The molecule has 2 aromatic carbocycles. The molecule has 1 atom stereocenters. The van der Waals surface area contributed by atoms with Crippen molar-refractivity contribution >= 4 is 29.2 Å². The summed E-state index contributed by atoms with van der Waals surface area (Å²) in [6.45, 7) is 1.96. The molecule has 6 heteroatoms. The number of imide groups is 1. The number of para-hydroxylation sites is 1. The highest BCUT2D eigenvalue weighted by molar-refractivity contribution is 6.22. The van der Waals surface area contributed by atoms with Crippen LogP contribution in [-0.2, 0) is 9.59 Å². The van der Waals surface area contributed by atoms with Crippen LogP contribution in [0.4, 0.5) is 16.2 Å². The van der Waals surface area contributed by atoms with Crippen LogP contribution in [0, 0.1) is 6.92 Å². The summed E-state index contributed by atoms with van der Waals surface area (Å²) in [5.74, 6) is -0.593. The lowest BCUT2D eigenvalue weighted by Gasteiger charge is -2.27. The second-order valence-electron chi connectivity index (χ2n) is 7.77. The smallest absolute Gasteiger partial charge is 0.326 e. The number of nitrogens with zero attached hydrogens (tertiary/aromatic N) is 2. The number of rotatable bonds is 5. The van der Waals surface area contributed by atoms with Crippen molar-refractivity contribution in [3.8, 4) is 0 Å². The third-order valence-corrected chi connectivity index (χ3v) is 5.70. The zero-order chi connectivity index (χ0) is 20.4. The number of hydrogen-bond acceptors (Lipinski definition) is 3. The fourth-order valence-corrected chi connectivity index (χ4v) is 4.23. The summed E-state index contributed by atoms with van der Waals surface area (Å²) in [7, 11) is 0. The van der Waals surface area contributed by atoms with E-state index in [0.717, 1.165) is 31.2 Å². The number of carbonyl (C=O) groups is 3. The molecule has 1 saturated carbocycles. The molecule has 1 heterocycles. The number of benzene rings is 2. The number of anilines is 2. The topological polar surface area (TPSA) is 69.7 Å². The van der Waals surface area contributed by atoms with Gasteiger partial charge in [0.1, 0.15) is 6.04 Å². The van der Waals surface area contributed by atoms with Gasteiger partial charge in [-0.2, -0.15) is 0 Å². The van der Waals surface area contributed by atoms with E-state index in [1.165, 1.54) is 4.90 Å². The van der Waals surface area contributed by atoms with E-state index in [1.54, 1.807) is 29.2 Å². The summed E-state index contributed by atoms with van der Waals surface area (Å²) in [4.78, 5) is 42.0. The Hall–Kier alpha value is -3.15. The number of urea groups is 1. The van der Waals surface area contributed by atoms with Crippen LogP contribution in [0.2, 0.25) is 0 Å². The fourth-order valence-electron chi connectivity index (χ4n) is 4.23. The third-order valence-electron chi connectivity index (χ3n) is 5.70. The van der Waals surface area contributed by atoms with Gasteiger partial charge in [-0.25, -0.2) is 9.69 Å². The highest BCUT2D eigenvalue weighted by atomic mass is 16.2. The Morgan fingerprint density at radius 3 is 2.31 bits per heavy atom. The summed E-state index contributed by atoms with van der Waals surface area (Å²) in [5, 5.41) is 2.83. The number of aryl methyl sites for hydroxylation is 1. The quantitative estimate of drug-likeness (QED) is 0.780. The van der Waals surface area contributed by atoms with Crippen molar-refractivity contribution in [2.24, 2.45) is 0 Å². The van der Waals surface area contributed by atoms with Crippen molar-refractivity contribution < 1.29 is 14.4 Å². The first kappa shape index (κ1) is 19.2. The number of amides is 4. The molecule has 4 rings (SSSR count). The zero-order valence-electron chi connectivity index (χ0n) is 16.5. The SMILES string of the molecule is Cc1ccc(N2C(=O)C(CC(=O)Nc3ccccc3)N(C3CCCC3)C2=O)cc1. The Kier molecular flexibility index (Phi) is 5.34. The Labute approximate surface area is 170 Å². The fraction of sp³-hybridized carbons (Fsp3) is 0.348. The second-order valence-corrected chi connectivity index (χ2v) is 7.77. The third kappa shape index (κ3) is 3.88. The minimum atomic E-state index is -0.768. The van der Waals surface area contributed by atoms with Gasteiger partial charge in [0.05, 0.1) is 12.1 Å². The van der Waals surface area contributed by atoms with E-state index in [2.05, 4.69) is 5.32 Å². The molecule has 4 amide bonds. The predicted octanol–water partition coefficient (Wildman–Crippen LogP) is 4.10. The largest absolute Gasteiger partial charge is 0.332 e. The molecule has 2 fully saturated rings. The minimum absolute atomic E-state index is 0.0106. The Bertz CT molecular complexity index is 905. The van der Waals surface area contributed by atoms with E-state index in [4.69, 9.17) is 0 Å². The summed E-state index contributed by atoms with van der Waals surface area (Å²) in [6.07, 6.45) is 3.78. The van der Waals surface area contributed by atoms with E-state index in [9.17, 15) is 14.4 Å². The zero-order valence-corrected chi connectivity index (χ0v) is 16.5. The lowest BCUT2D eigenvalue weighted by atomic mass is 10.1. The van der Waals surface area contributed by atoms with E-state index < -0.39 is 6.04 Å². The van der Waals surface area contributed by atoms with Gasteiger partial charge in [0.2, 0.25) is 5.91 Å². The number of hydrogen-bond donors (Lipinski definition) is 1. The van der Waals surface area contributed by atoms with Gasteiger partial charge in [-0.05, 0) is 44.0 Å². The molecule has 0 aromatic heterocycles. The maximum atomic E-state index is 13.2. The lowest BCUT2D eigenvalue weighted by Crippen LogP contribution is -2.43. The summed E-state index contributed by atoms with van der Waals surface area (Å²) < 4.78 is 0. The van der Waals surface area contributed by atoms with Gasteiger partial charge in [-0.1, -0.05) is 48.7 Å². The van der Waals surface area contributed by atoms with Crippen molar-refractivity contribution in [1.29, 1.82) is 0 Å². The minimum Gasteiger partial charge on any atom is -0.326 e. The molecule has 150 valence electrons. The van der Waals surface area contributed by atoms with Crippen LogP contribution in [0.15, 0.2) is 54.6 Å². The Morgan fingerprint density at radius 1 is 1.00 bits per heavy atom. The summed E-state index contributed by atoms with van der Waals surface area (Å²) in [6, 6.07) is 15.4. The molecule has 1 saturated heterocycles. The molecule has 29 heavy (non-hydrogen) atoms. The average Bonchev–Trinajstić information content (AvgIpc) is 3.31. The Balaban J connectivity index is 1.58. The molecular formula is C23H25N3O3. The standard InChI is InChI=1S/C23H25N3O3/c1-16-11-13-19(14-12-16)26-22(28)20(25(23(26)29)18-9-5-6-10-18)15-21(27)24-17-7-3-2-4-8-17/h2-4,7-8,11-14,18,20H,5-6,9-10,15H2,1H3,(H,24,27). The molecule has 1 N–H and O–H groups in total. The molecule has 0 bridgehead atoms. The molecule has 1 unspecified atom stereocenters. The van der Waals surface area contributed by atoms with Crippen LogP contribution < -0.4 is 10.2 Å². The highest BCUT2D eigenvalue weighted by Gasteiger charge is 2.49. The van der Waals surface area contributed by atoms with Crippen LogP contribution in [0.25, 0.3) is 0 Å². The average molecular weight is 391 g/mol. The maximum Gasteiger partial charge on any atom is 0.332 e. The molecule has 0 spiro atoms. The second kappa shape index (κ2) is 8.07. The van der Waals surface area contributed by atoms with E-state index in [1.807, 2.05) is 37.3 Å². The van der Waals surface area contributed by atoms with Gasteiger partial charge < -0.3 is 10.2 Å². The first-order valence-corrected chi connectivity index (χ1v) is 10.1. The van der Waals surface area contributed by atoms with Gasteiger partial charge in [-0.15, -0.1) is 0 Å². The number of carbonyl (C=O) groups excluding carboxylic acids is 3. The van der Waals surface area contributed by atoms with Crippen molar-refractivity contribution in [2.75, 3.05) is 10.2 Å².